The lowest BCUT2D eigenvalue weighted by Crippen LogP contribution is -2.43. The van der Waals surface area contributed by atoms with Crippen molar-refractivity contribution in [1.29, 1.82) is 0 Å². The molecule has 4 heteroatoms. The van der Waals surface area contributed by atoms with E-state index in [9.17, 15) is 9.90 Å². The first-order chi connectivity index (χ1) is 6.85. The Morgan fingerprint density at radius 3 is 2.47 bits per heavy atom. The summed E-state index contributed by atoms with van der Waals surface area (Å²) in [6.07, 6.45) is 1.94. The highest BCUT2D eigenvalue weighted by Crippen LogP contribution is 2.28. The number of hydrogen-bond acceptors (Lipinski definition) is 3. The van der Waals surface area contributed by atoms with Crippen molar-refractivity contribution in [1.82, 2.24) is 0 Å². The van der Waals surface area contributed by atoms with E-state index in [1.54, 1.807) is 19.9 Å². The molecule has 0 heterocycles. The van der Waals surface area contributed by atoms with Crippen molar-refractivity contribution < 1.29 is 14.6 Å². The largest absolute Gasteiger partial charge is 0.443 e. The highest BCUT2D eigenvalue weighted by Gasteiger charge is 2.35. The first-order valence-corrected chi connectivity index (χ1v) is 4.75. The minimum Gasteiger partial charge on any atom is -0.443 e. The SMILES string of the molecule is C=CCC(C(O)C=C)C(C)(C)OC(N)=O. The van der Waals surface area contributed by atoms with Gasteiger partial charge in [0.1, 0.15) is 5.60 Å². The zero-order valence-corrected chi connectivity index (χ0v) is 9.27. The van der Waals surface area contributed by atoms with Gasteiger partial charge in [0.05, 0.1) is 6.10 Å². The lowest BCUT2D eigenvalue weighted by Gasteiger charge is -2.34. The lowest BCUT2D eigenvalue weighted by molar-refractivity contribution is -0.0381. The van der Waals surface area contributed by atoms with Crippen LogP contribution in [0, 0.1) is 5.92 Å². The molecule has 0 aliphatic heterocycles. The van der Waals surface area contributed by atoms with Gasteiger partial charge in [-0.15, -0.1) is 13.2 Å². The van der Waals surface area contributed by atoms with Crippen LogP contribution in [0.15, 0.2) is 25.3 Å². The molecule has 3 N–H and O–H groups in total. The number of amides is 1. The van der Waals surface area contributed by atoms with Crippen LogP contribution >= 0.6 is 0 Å². The number of ether oxygens (including phenoxy) is 1. The van der Waals surface area contributed by atoms with Crippen molar-refractivity contribution in [2.24, 2.45) is 11.7 Å². The van der Waals surface area contributed by atoms with Crippen LogP contribution in [0.3, 0.4) is 0 Å². The van der Waals surface area contributed by atoms with Crippen LogP contribution in [-0.2, 0) is 4.74 Å². The fourth-order valence-electron chi connectivity index (χ4n) is 1.51. The first kappa shape index (κ1) is 13.7. The third-order valence-electron chi connectivity index (χ3n) is 2.33. The summed E-state index contributed by atoms with van der Waals surface area (Å²) in [5, 5.41) is 9.70. The molecule has 0 radical (unpaired) electrons. The molecule has 0 aliphatic rings. The van der Waals surface area contributed by atoms with Gasteiger partial charge in [0.2, 0.25) is 0 Å². The second kappa shape index (κ2) is 5.56. The average Bonchev–Trinajstić information content (AvgIpc) is 2.10. The van der Waals surface area contributed by atoms with Gasteiger partial charge in [-0.3, -0.25) is 0 Å². The molecule has 86 valence electrons. The van der Waals surface area contributed by atoms with Gasteiger partial charge in [0.25, 0.3) is 0 Å². The highest BCUT2D eigenvalue weighted by atomic mass is 16.6. The van der Waals surface area contributed by atoms with Crippen LogP contribution < -0.4 is 5.73 Å². The standard InChI is InChI=1S/C11H19NO3/c1-5-7-8(9(13)6-2)11(3,4)15-10(12)14/h5-6,8-9,13H,1-2,7H2,3-4H3,(H2,12,14). The Balaban J connectivity index is 4.78. The number of carbonyl (C=O) groups is 1. The molecule has 0 rings (SSSR count). The third-order valence-corrected chi connectivity index (χ3v) is 2.33. The smallest absolute Gasteiger partial charge is 0.405 e. The van der Waals surface area contributed by atoms with E-state index in [4.69, 9.17) is 10.5 Å². The Morgan fingerprint density at radius 2 is 2.13 bits per heavy atom. The summed E-state index contributed by atoms with van der Waals surface area (Å²) in [4.78, 5) is 10.7. The van der Waals surface area contributed by atoms with E-state index in [2.05, 4.69) is 13.2 Å². The fraction of sp³-hybridized carbons (Fsp3) is 0.545. The molecule has 15 heavy (non-hydrogen) atoms. The van der Waals surface area contributed by atoms with Crippen molar-refractivity contribution in [3.8, 4) is 0 Å². The van der Waals surface area contributed by atoms with Crippen molar-refractivity contribution in [2.75, 3.05) is 0 Å². The zero-order valence-electron chi connectivity index (χ0n) is 9.27. The lowest BCUT2D eigenvalue weighted by atomic mass is 9.83. The maximum Gasteiger partial charge on any atom is 0.405 e. The molecule has 2 unspecified atom stereocenters. The van der Waals surface area contributed by atoms with Crippen molar-refractivity contribution in [2.45, 2.75) is 32.0 Å². The average molecular weight is 213 g/mol. The van der Waals surface area contributed by atoms with E-state index in [1.165, 1.54) is 6.08 Å². The topological polar surface area (TPSA) is 72.6 Å². The molecule has 4 nitrogen and oxygen atoms in total. The maximum atomic E-state index is 10.7. The summed E-state index contributed by atoms with van der Waals surface area (Å²) in [5.41, 5.74) is 4.11. The number of allylic oxidation sites excluding steroid dienone is 1. The first-order valence-electron chi connectivity index (χ1n) is 4.75. The molecular formula is C11H19NO3. The predicted molar refractivity (Wildman–Crippen MR) is 59.3 cm³/mol. The molecule has 0 fully saturated rings. The van der Waals surface area contributed by atoms with E-state index in [0.29, 0.717) is 6.42 Å². The van der Waals surface area contributed by atoms with Gasteiger partial charge in [0.15, 0.2) is 0 Å². The van der Waals surface area contributed by atoms with E-state index in [1.807, 2.05) is 0 Å². The Morgan fingerprint density at radius 1 is 1.60 bits per heavy atom. The molecule has 2 atom stereocenters. The maximum absolute atomic E-state index is 10.7. The molecule has 0 spiro atoms. The van der Waals surface area contributed by atoms with Gasteiger partial charge in [0, 0.05) is 5.92 Å². The van der Waals surface area contributed by atoms with Crippen LogP contribution in [0.5, 0.6) is 0 Å². The van der Waals surface area contributed by atoms with Crippen LogP contribution in [-0.4, -0.2) is 22.9 Å². The summed E-state index contributed by atoms with van der Waals surface area (Å²) < 4.78 is 4.96. The van der Waals surface area contributed by atoms with Crippen LogP contribution in [0.4, 0.5) is 4.79 Å². The van der Waals surface area contributed by atoms with Crippen LogP contribution in [0.1, 0.15) is 20.3 Å². The normalized spacial score (nSPS) is 15.1. The summed E-state index contributed by atoms with van der Waals surface area (Å²) in [5.74, 6) is -0.306. The molecule has 0 saturated carbocycles. The van der Waals surface area contributed by atoms with Crippen molar-refractivity contribution in [3.05, 3.63) is 25.3 Å². The minimum atomic E-state index is -0.856. The summed E-state index contributed by atoms with van der Waals surface area (Å²) >= 11 is 0. The number of primary amides is 1. The molecular weight excluding hydrogens is 194 g/mol. The van der Waals surface area contributed by atoms with E-state index >= 15 is 0 Å². The van der Waals surface area contributed by atoms with Gasteiger partial charge in [-0.2, -0.15) is 0 Å². The Hall–Kier alpha value is -1.29. The number of carbonyl (C=O) groups excluding carboxylic acids is 1. The summed E-state index contributed by atoms with van der Waals surface area (Å²) in [6.45, 7) is 10.5. The van der Waals surface area contributed by atoms with E-state index in [-0.39, 0.29) is 5.92 Å². The molecule has 0 aromatic carbocycles. The van der Waals surface area contributed by atoms with Crippen molar-refractivity contribution in [3.63, 3.8) is 0 Å². The van der Waals surface area contributed by atoms with Gasteiger partial charge in [-0.05, 0) is 20.3 Å². The molecule has 0 aliphatic carbocycles. The Labute approximate surface area is 90.4 Å². The third kappa shape index (κ3) is 4.16. The molecule has 0 aromatic heterocycles. The minimum absolute atomic E-state index is 0.306. The van der Waals surface area contributed by atoms with Crippen LogP contribution in [0.25, 0.3) is 0 Å². The van der Waals surface area contributed by atoms with Gasteiger partial charge in [-0.1, -0.05) is 12.2 Å². The number of aliphatic hydroxyl groups is 1. The number of aliphatic hydroxyl groups excluding tert-OH is 1. The number of hydrogen-bond donors (Lipinski definition) is 2. The molecule has 0 bridgehead atoms. The second-order valence-electron chi connectivity index (χ2n) is 3.88. The van der Waals surface area contributed by atoms with Crippen LogP contribution in [0.2, 0.25) is 0 Å². The second-order valence-corrected chi connectivity index (χ2v) is 3.88. The predicted octanol–water partition coefficient (Wildman–Crippen LogP) is 1.60. The van der Waals surface area contributed by atoms with Gasteiger partial charge in [-0.25, -0.2) is 4.79 Å². The number of rotatable bonds is 6. The Kier molecular flexibility index (Phi) is 5.08. The quantitative estimate of drug-likeness (QED) is 0.658. The summed E-state index contributed by atoms with van der Waals surface area (Å²) in [6, 6.07) is 0. The van der Waals surface area contributed by atoms with E-state index in [0.717, 1.165) is 0 Å². The highest BCUT2D eigenvalue weighted by molar-refractivity contribution is 5.65. The van der Waals surface area contributed by atoms with Gasteiger partial charge >= 0.3 is 6.09 Å². The van der Waals surface area contributed by atoms with E-state index < -0.39 is 17.8 Å². The molecule has 1 amide bonds. The summed E-state index contributed by atoms with van der Waals surface area (Å²) in [7, 11) is 0. The molecule has 0 aromatic rings. The molecule has 0 saturated heterocycles. The number of nitrogens with two attached hydrogens (primary N) is 1. The van der Waals surface area contributed by atoms with Crippen molar-refractivity contribution >= 4 is 6.09 Å². The Bertz CT molecular complexity index is 248. The van der Waals surface area contributed by atoms with Gasteiger partial charge < -0.3 is 15.6 Å². The fourth-order valence-corrected chi connectivity index (χ4v) is 1.51. The monoisotopic (exact) mass is 213 g/mol. The zero-order chi connectivity index (χ0) is 12.1.